The third kappa shape index (κ3) is 14.3. The summed E-state index contributed by atoms with van der Waals surface area (Å²) in [5.74, 6) is -0.539. The van der Waals surface area contributed by atoms with Crippen molar-refractivity contribution in [2.24, 2.45) is 0 Å². The van der Waals surface area contributed by atoms with Gasteiger partial charge in [0.25, 0.3) is 0 Å². The number of benzene rings is 3. The highest BCUT2D eigenvalue weighted by atomic mass is 19.4. The van der Waals surface area contributed by atoms with Gasteiger partial charge in [-0.1, -0.05) is 116 Å². The van der Waals surface area contributed by atoms with Crippen LogP contribution in [0.3, 0.4) is 0 Å². The minimum atomic E-state index is -4.63. The second-order valence-corrected chi connectivity index (χ2v) is 12.7. The molecule has 0 heterocycles. The van der Waals surface area contributed by atoms with E-state index in [1.807, 2.05) is 0 Å². The van der Waals surface area contributed by atoms with E-state index in [-0.39, 0.29) is 12.0 Å². The maximum Gasteiger partial charge on any atom is 0.425 e. The Bertz CT molecular complexity index is 1370. The van der Waals surface area contributed by atoms with Crippen LogP contribution in [0.15, 0.2) is 60.7 Å². The van der Waals surface area contributed by atoms with Crippen molar-refractivity contribution in [3.05, 3.63) is 71.8 Å². The van der Waals surface area contributed by atoms with Crippen LogP contribution in [0.2, 0.25) is 0 Å². The highest BCUT2D eigenvalue weighted by Crippen LogP contribution is 2.29. The van der Waals surface area contributed by atoms with Gasteiger partial charge in [-0.2, -0.15) is 13.2 Å². The molecule has 264 valence electrons. The lowest BCUT2D eigenvalue weighted by molar-refractivity contribution is -0.206. The van der Waals surface area contributed by atoms with E-state index in [1.165, 1.54) is 63.5 Å². The molecule has 5 nitrogen and oxygen atoms in total. The molecule has 0 N–H and O–H groups in total. The summed E-state index contributed by atoms with van der Waals surface area (Å²) in [5, 5.41) is 1.26. The van der Waals surface area contributed by atoms with Crippen LogP contribution in [0.5, 0.6) is 11.5 Å². The van der Waals surface area contributed by atoms with E-state index in [2.05, 4.69) is 13.8 Å². The summed E-state index contributed by atoms with van der Waals surface area (Å²) < 4.78 is 57.1. The highest BCUT2D eigenvalue weighted by Gasteiger charge is 2.42. The van der Waals surface area contributed by atoms with E-state index in [0.29, 0.717) is 47.3 Å². The fourth-order valence-corrected chi connectivity index (χ4v) is 5.64. The second-order valence-electron chi connectivity index (χ2n) is 12.7. The van der Waals surface area contributed by atoms with E-state index in [4.69, 9.17) is 14.2 Å². The Hall–Kier alpha value is -3.55. The number of halogens is 3. The van der Waals surface area contributed by atoms with Crippen LogP contribution in [-0.4, -0.2) is 30.8 Å². The molecule has 0 aliphatic carbocycles. The van der Waals surface area contributed by atoms with E-state index in [0.717, 1.165) is 38.5 Å². The number of carbonyl (C=O) groups is 2. The van der Waals surface area contributed by atoms with E-state index < -0.39 is 24.2 Å². The van der Waals surface area contributed by atoms with E-state index in [1.54, 1.807) is 48.5 Å². The number of hydrogen-bond acceptors (Lipinski definition) is 5. The molecule has 3 aromatic carbocycles. The van der Waals surface area contributed by atoms with Gasteiger partial charge in [-0.15, -0.1) is 0 Å². The Morgan fingerprint density at radius 3 is 1.69 bits per heavy atom. The van der Waals surface area contributed by atoms with Crippen LogP contribution < -0.4 is 9.47 Å². The first-order valence-electron chi connectivity index (χ1n) is 18.0. The molecule has 0 aromatic heterocycles. The topological polar surface area (TPSA) is 61.8 Å². The second kappa shape index (κ2) is 21.4. The fourth-order valence-electron chi connectivity index (χ4n) is 5.64. The third-order valence-electron chi connectivity index (χ3n) is 8.55. The molecule has 0 saturated carbocycles. The predicted octanol–water partition coefficient (Wildman–Crippen LogP) is 12.2. The summed E-state index contributed by atoms with van der Waals surface area (Å²) in [6.07, 6.45) is 10.6. The molecule has 48 heavy (non-hydrogen) atoms. The molecule has 0 amide bonds. The monoisotopic (exact) mass is 670 g/mol. The Labute approximate surface area is 284 Å². The van der Waals surface area contributed by atoms with Crippen LogP contribution in [0.1, 0.15) is 144 Å². The summed E-state index contributed by atoms with van der Waals surface area (Å²) in [7, 11) is 0. The molecule has 0 bridgehead atoms. The normalized spacial score (nSPS) is 12.2. The molecule has 3 aromatic rings. The molecule has 0 aliphatic heterocycles. The molecule has 8 heteroatoms. The number of rotatable bonds is 23. The smallest absolute Gasteiger partial charge is 0.425 e. The average molecular weight is 671 g/mol. The van der Waals surface area contributed by atoms with Crippen LogP contribution in [0.4, 0.5) is 13.2 Å². The van der Waals surface area contributed by atoms with Gasteiger partial charge in [-0.3, -0.25) is 0 Å². The van der Waals surface area contributed by atoms with Gasteiger partial charge in [-0.05, 0) is 78.6 Å². The lowest BCUT2D eigenvalue weighted by Crippen LogP contribution is -2.33. The Balaban J connectivity index is 1.44. The first-order valence-corrected chi connectivity index (χ1v) is 18.0. The number of unbranched alkanes of at least 4 members (excludes halogenated alkanes) is 14. The molecule has 1 unspecified atom stereocenters. The van der Waals surface area contributed by atoms with Crippen molar-refractivity contribution in [3.8, 4) is 11.5 Å². The molecular weight excluding hydrogens is 617 g/mol. The average Bonchev–Trinajstić information content (AvgIpc) is 3.07. The van der Waals surface area contributed by atoms with Crippen LogP contribution in [0, 0.1) is 0 Å². The number of esters is 2. The van der Waals surface area contributed by atoms with Gasteiger partial charge in [0.15, 0.2) is 6.10 Å². The molecular formula is C40H53F3O5. The highest BCUT2D eigenvalue weighted by molar-refractivity contribution is 5.96. The molecule has 3 rings (SSSR count). The van der Waals surface area contributed by atoms with Crippen LogP contribution >= 0.6 is 0 Å². The number of carbonyl (C=O) groups excluding carboxylic acids is 2. The summed E-state index contributed by atoms with van der Waals surface area (Å²) in [6.45, 7) is 4.96. The van der Waals surface area contributed by atoms with Crippen molar-refractivity contribution in [1.82, 2.24) is 0 Å². The van der Waals surface area contributed by atoms with Crippen LogP contribution in [-0.2, 0) is 4.74 Å². The maximum atomic E-state index is 13.6. The number of ether oxygens (including phenoxy) is 3. The minimum Gasteiger partial charge on any atom is -0.494 e. The zero-order valence-corrected chi connectivity index (χ0v) is 28.8. The quantitative estimate of drug-likeness (QED) is 0.0571. The zero-order valence-electron chi connectivity index (χ0n) is 28.8. The zero-order chi connectivity index (χ0) is 34.6. The lowest BCUT2D eigenvalue weighted by Gasteiger charge is -2.21. The SMILES string of the molecule is CCCCCCCCCCCCOc1ccc(C(=O)Oc2ccc3cc(C(=O)OC(CCCCCCCC)C(F)(F)F)ccc3c2)cc1. The minimum absolute atomic E-state index is 0.0277. The molecule has 0 aliphatic rings. The fraction of sp³-hybridized carbons (Fsp3) is 0.550. The van der Waals surface area contributed by atoms with Crippen molar-refractivity contribution in [3.63, 3.8) is 0 Å². The predicted molar refractivity (Wildman–Crippen MR) is 186 cm³/mol. The number of fused-ring (bicyclic) bond motifs is 1. The van der Waals surface area contributed by atoms with Gasteiger partial charge >= 0.3 is 18.1 Å². The molecule has 0 spiro atoms. The van der Waals surface area contributed by atoms with Gasteiger partial charge in [0, 0.05) is 0 Å². The summed E-state index contributed by atoms with van der Waals surface area (Å²) in [4.78, 5) is 25.4. The van der Waals surface area contributed by atoms with E-state index in [9.17, 15) is 22.8 Å². The maximum absolute atomic E-state index is 13.6. The molecule has 0 fully saturated rings. The molecule has 0 saturated heterocycles. The Morgan fingerprint density at radius 2 is 1.08 bits per heavy atom. The first-order chi connectivity index (χ1) is 23.2. The van der Waals surface area contributed by atoms with Gasteiger partial charge < -0.3 is 14.2 Å². The Kier molecular flexibility index (Phi) is 17.4. The number of alkyl halides is 3. The number of hydrogen-bond donors (Lipinski definition) is 0. The Morgan fingerprint density at radius 1 is 0.583 bits per heavy atom. The third-order valence-corrected chi connectivity index (χ3v) is 8.55. The summed E-state index contributed by atoms with van der Waals surface area (Å²) in [5.41, 5.74) is 0.402. The van der Waals surface area contributed by atoms with Gasteiger partial charge in [-0.25, -0.2) is 9.59 Å². The summed E-state index contributed by atoms with van der Waals surface area (Å²) in [6, 6.07) is 16.2. The summed E-state index contributed by atoms with van der Waals surface area (Å²) >= 11 is 0. The first kappa shape index (κ1) is 38.9. The van der Waals surface area contributed by atoms with Gasteiger partial charge in [0.1, 0.15) is 11.5 Å². The van der Waals surface area contributed by atoms with E-state index >= 15 is 0 Å². The van der Waals surface area contributed by atoms with Crippen molar-refractivity contribution in [2.75, 3.05) is 6.61 Å². The van der Waals surface area contributed by atoms with Crippen molar-refractivity contribution in [2.45, 2.75) is 135 Å². The van der Waals surface area contributed by atoms with Crippen molar-refractivity contribution < 1.29 is 37.0 Å². The molecule has 0 radical (unpaired) electrons. The largest absolute Gasteiger partial charge is 0.494 e. The standard InChI is InChI=1S/C40H53F3O5/c1-3-5-7-9-11-12-13-14-16-18-28-46-35-25-22-31(23-26-35)38(44)47-36-27-24-32-29-34(21-20-33(32)30-36)39(45)48-37(40(41,42)43)19-17-15-10-8-6-4-2/h20-27,29-30,37H,3-19,28H2,1-2H3. The molecule has 1 atom stereocenters. The van der Waals surface area contributed by atoms with Crippen molar-refractivity contribution >= 4 is 22.7 Å². The van der Waals surface area contributed by atoms with Gasteiger partial charge in [0.05, 0.1) is 17.7 Å². The van der Waals surface area contributed by atoms with Crippen LogP contribution in [0.25, 0.3) is 10.8 Å². The lowest BCUT2D eigenvalue weighted by atomic mass is 10.1. The van der Waals surface area contributed by atoms with Crippen molar-refractivity contribution in [1.29, 1.82) is 0 Å². The van der Waals surface area contributed by atoms with Gasteiger partial charge in [0.2, 0.25) is 0 Å².